The van der Waals surface area contributed by atoms with Gasteiger partial charge in [-0.2, -0.15) is 0 Å². The van der Waals surface area contributed by atoms with Crippen LogP contribution in [-0.2, 0) is 10.1 Å². The van der Waals surface area contributed by atoms with E-state index in [1.165, 1.54) is 24.8 Å². The van der Waals surface area contributed by atoms with Crippen molar-refractivity contribution in [1.82, 2.24) is 0 Å². The van der Waals surface area contributed by atoms with E-state index in [0.717, 1.165) is 36.3 Å². The summed E-state index contributed by atoms with van der Waals surface area (Å²) in [6, 6.07) is 6.02. The minimum absolute atomic E-state index is 0.121. The van der Waals surface area contributed by atoms with E-state index in [-0.39, 0.29) is 11.7 Å². The minimum Gasteiger partial charge on any atom is -0.497 e. The molecule has 1 unspecified atom stereocenters. The molecule has 1 aliphatic heterocycles. The van der Waals surface area contributed by atoms with Crippen molar-refractivity contribution in [3.63, 3.8) is 0 Å². The molecule has 2 aliphatic rings. The molecule has 0 N–H and O–H groups in total. The highest BCUT2D eigenvalue weighted by Crippen LogP contribution is 2.43. The Balaban J connectivity index is 1.73. The lowest BCUT2D eigenvalue weighted by molar-refractivity contribution is -0.153. The molecule has 1 atom stereocenters. The zero-order valence-electron chi connectivity index (χ0n) is 11.9. The molecule has 1 saturated carbocycles. The zero-order chi connectivity index (χ0) is 14.0. The quantitative estimate of drug-likeness (QED) is 0.773. The molecular weight excluding hydrogens is 320 g/mol. The van der Waals surface area contributed by atoms with Gasteiger partial charge in [0.05, 0.1) is 19.3 Å². The number of alkyl halides is 1. The molecule has 110 valence electrons. The maximum absolute atomic E-state index is 6.26. The van der Waals surface area contributed by atoms with E-state index >= 15 is 0 Å². The zero-order valence-corrected chi connectivity index (χ0v) is 13.4. The number of methoxy groups -OCH3 is 1. The number of hydrogen-bond donors (Lipinski definition) is 0. The summed E-state index contributed by atoms with van der Waals surface area (Å²) in [5.74, 6) is 1.78. The number of benzene rings is 1. The van der Waals surface area contributed by atoms with Crippen LogP contribution in [0.1, 0.15) is 37.7 Å². The van der Waals surface area contributed by atoms with Crippen LogP contribution in [-0.4, -0.2) is 25.4 Å². The Morgan fingerprint density at radius 3 is 2.90 bits per heavy atom. The van der Waals surface area contributed by atoms with Gasteiger partial charge in [-0.3, -0.25) is 0 Å². The first-order chi connectivity index (χ1) is 9.74. The van der Waals surface area contributed by atoms with Gasteiger partial charge in [0.25, 0.3) is 0 Å². The summed E-state index contributed by atoms with van der Waals surface area (Å²) in [7, 11) is 1.69. The fraction of sp³-hybridized carbons (Fsp3) is 0.625. The summed E-state index contributed by atoms with van der Waals surface area (Å²) in [5, 5.41) is 0.792. The standard InChI is InChI=1S/C16H21BrO3/c1-18-13-4-3-12(11-17)15(9-13)20-14-5-8-19-16(10-14)6-2-7-16/h3-4,9,14H,2,5-8,10-11H2,1H3. The fourth-order valence-corrected chi connectivity index (χ4v) is 3.53. The maximum atomic E-state index is 6.26. The topological polar surface area (TPSA) is 27.7 Å². The predicted octanol–water partition coefficient (Wildman–Crippen LogP) is 4.07. The largest absolute Gasteiger partial charge is 0.497 e. The van der Waals surface area contributed by atoms with Gasteiger partial charge >= 0.3 is 0 Å². The van der Waals surface area contributed by atoms with Crippen LogP contribution in [0.25, 0.3) is 0 Å². The van der Waals surface area contributed by atoms with Gasteiger partial charge in [0.1, 0.15) is 17.6 Å². The van der Waals surface area contributed by atoms with Gasteiger partial charge in [-0.05, 0) is 25.3 Å². The molecule has 20 heavy (non-hydrogen) atoms. The highest BCUT2D eigenvalue weighted by molar-refractivity contribution is 9.08. The van der Waals surface area contributed by atoms with Crippen molar-refractivity contribution in [2.75, 3.05) is 13.7 Å². The average Bonchev–Trinajstić information content (AvgIpc) is 2.46. The van der Waals surface area contributed by atoms with E-state index in [4.69, 9.17) is 14.2 Å². The second-order valence-corrected chi connectivity index (χ2v) is 6.29. The molecule has 1 aromatic rings. The Labute approximate surface area is 128 Å². The SMILES string of the molecule is COc1ccc(CBr)c(OC2CCOC3(CCC3)C2)c1. The van der Waals surface area contributed by atoms with Crippen molar-refractivity contribution >= 4 is 15.9 Å². The first-order valence-corrected chi connectivity index (χ1v) is 8.40. The van der Waals surface area contributed by atoms with Crippen LogP contribution in [0.15, 0.2) is 18.2 Å². The van der Waals surface area contributed by atoms with Gasteiger partial charge < -0.3 is 14.2 Å². The van der Waals surface area contributed by atoms with Crippen LogP contribution >= 0.6 is 15.9 Å². The van der Waals surface area contributed by atoms with E-state index in [2.05, 4.69) is 22.0 Å². The Morgan fingerprint density at radius 1 is 1.40 bits per heavy atom. The second-order valence-electron chi connectivity index (χ2n) is 5.72. The fourth-order valence-electron chi connectivity index (χ4n) is 3.06. The third kappa shape index (κ3) is 2.82. The average molecular weight is 341 g/mol. The molecule has 1 spiro atoms. The van der Waals surface area contributed by atoms with Crippen LogP contribution in [0.2, 0.25) is 0 Å². The lowest BCUT2D eigenvalue weighted by Gasteiger charge is -2.47. The third-order valence-corrected chi connectivity index (χ3v) is 5.03. The van der Waals surface area contributed by atoms with Crippen molar-refractivity contribution < 1.29 is 14.2 Å². The molecule has 3 rings (SSSR count). The van der Waals surface area contributed by atoms with Crippen molar-refractivity contribution in [2.24, 2.45) is 0 Å². The molecule has 1 saturated heterocycles. The summed E-state index contributed by atoms with van der Waals surface area (Å²) in [4.78, 5) is 0. The Hall–Kier alpha value is -0.740. The molecule has 2 fully saturated rings. The minimum atomic E-state index is 0.121. The molecular formula is C16H21BrO3. The van der Waals surface area contributed by atoms with Gasteiger partial charge in [0.15, 0.2) is 0 Å². The first kappa shape index (κ1) is 14.2. The van der Waals surface area contributed by atoms with Gasteiger partial charge in [0, 0.05) is 29.8 Å². The number of rotatable bonds is 4. The van der Waals surface area contributed by atoms with E-state index < -0.39 is 0 Å². The summed E-state index contributed by atoms with van der Waals surface area (Å²) in [6.45, 7) is 0.818. The first-order valence-electron chi connectivity index (χ1n) is 7.28. The van der Waals surface area contributed by atoms with Gasteiger partial charge in [0.2, 0.25) is 0 Å². The Morgan fingerprint density at radius 2 is 2.25 bits per heavy atom. The molecule has 0 radical (unpaired) electrons. The lowest BCUT2D eigenvalue weighted by Crippen LogP contribution is -2.48. The van der Waals surface area contributed by atoms with Crippen molar-refractivity contribution in [2.45, 2.75) is 49.1 Å². The molecule has 0 bridgehead atoms. The molecule has 1 heterocycles. The molecule has 1 aliphatic carbocycles. The Bertz CT molecular complexity index is 471. The normalized spacial score (nSPS) is 24.2. The van der Waals surface area contributed by atoms with Crippen LogP contribution in [0.3, 0.4) is 0 Å². The summed E-state index contributed by atoms with van der Waals surface area (Å²) < 4.78 is 17.5. The van der Waals surface area contributed by atoms with Gasteiger partial charge in [-0.25, -0.2) is 0 Å². The second kappa shape index (κ2) is 5.94. The summed E-state index contributed by atoms with van der Waals surface area (Å²) in [5.41, 5.74) is 1.29. The predicted molar refractivity (Wildman–Crippen MR) is 81.8 cm³/mol. The molecule has 3 nitrogen and oxygen atoms in total. The monoisotopic (exact) mass is 340 g/mol. The summed E-state index contributed by atoms with van der Waals surface area (Å²) in [6.07, 6.45) is 5.92. The van der Waals surface area contributed by atoms with E-state index in [0.29, 0.717) is 0 Å². The van der Waals surface area contributed by atoms with Gasteiger partial charge in [-0.15, -0.1) is 0 Å². The third-order valence-electron chi connectivity index (χ3n) is 4.42. The van der Waals surface area contributed by atoms with Crippen molar-refractivity contribution in [3.8, 4) is 11.5 Å². The highest BCUT2D eigenvalue weighted by atomic mass is 79.9. The number of ether oxygens (including phenoxy) is 3. The van der Waals surface area contributed by atoms with Crippen LogP contribution in [0, 0.1) is 0 Å². The number of hydrogen-bond acceptors (Lipinski definition) is 3. The van der Waals surface area contributed by atoms with Crippen LogP contribution < -0.4 is 9.47 Å². The maximum Gasteiger partial charge on any atom is 0.127 e. The van der Waals surface area contributed by atoms with E-state index in [9.17, 15) is 0 Å². The van der Waals surface area contributed by atoms with Crippen molar-refractivity contribution in [1.29, 1.82) is 0 Å². The molecule has 1 aromatic carbocycles. The van der Waals surface area contributed by atoms with Crippen LogP contribution in [0.5, 0.6) is 11.5 Å². The molecule has 0 aromatic heterocycles. The van der Waals surface area contributed by atoms with Gasteiger partial charge in [-0.1, -0.05) is 22.0 Å². The van der Waals surface area contributed by atoms with E-state index in [1.807, 2.05) is 12.1 Å². The summed E-state index contributed by atoms with van der Waals surface area (Å²) >= 11 is 3.52. The molecule has 0 amide bonds. The van der Waals surface area contributed by atoms with Crippen molar-refractivity contribution in [3.05, 3.63) is 23.8 Å². The van der Waals surface area contributed by atoms with Crippen LogP contribution in [0.4, 0.5) is 0 Å². The smallest absolute Gasteiger partial charge is 0.127 e. The number of halogens is 1. The molecule has 4 heteroatoms. The lowest BCUT2D eigenvalue weighted by atomic mass is 9.74. The highest BCUT2D eigenvalue weighted by Gasteiger charge is 2.43. The Kier molecular flexibility index (Phi) is 4.22. The van der Waals surface area contributed by atoms with E-state index in [1.54, 1.807) is 7.11 Å².